The van der Waals surface area contributed by atoms with Gasteiger partial charge in [-0.05, 0) is 49.4 Å². The van der Waals surface area contributed by atoms with Crippen molar-refractivity contribution in [2.75, 3.05) is 23.0 Å². The molecule has 0 aliphatic heterocycles. The van der Waals surface area contributed by atoms with Crippen LogP contribution in [-0.4, -0.2) is 34.4 Å². The van der Waals surface area contributed by atoms with Gasteiger partial charge in [-0.1, -0.05) is 29.2 Å². The number of hydrogen-bond donors (Lipinski definition) is 2. The number of rotatable bonds is 8. The lowest BCUT2D eigenvalue weighted by Crippen LogP contribution is -2.13. The number of carbonyl (C=O) groups is 2. The minimum Gasteiger partial charge on any atom is -0.494 e. The molecule has 0 fully saturated rings. The monoisotopic (exact) mass is 482 g/mol. The Kier molecular flexibility index (Phi) is 7.70. The molecule has 3 aromatic rings. The highest BCUT2D eigenvalue weighted by molar-refractivity contribution is 8.01. The Hall–Kier alpha value is -3.12. The molecule has 0 radical (unpaired) electrons. The zero-order valence-electron chi connectivity index (χ0n) is 16.6. The molecule has 168 valence electrons. The van der Waals surface area contributed by atoms with Gasteiger partial charge in [0.25, 0.3) is 5.91 Å². The quantitative estimate of drug-likeness (QED) is 0.349. The van der Waals surface area contributed by atoms with Crippen LogP contribution in [0.4, 0.5) is 24.0 Å². The van der Waals surface area contributed by atoms with Crippen molar-refractivity contribution in [2.45, 2.75) is 17.4 Å². The number of alkyl halides is 3. The summed E-state index contributed by atoms with van der Waals surface area (Å²) in [6.07, 6.45) is -4.55. The van der Waals surface area contributed by atoms with E-state index in [2.05, 4.69) is 20.8 Å². The highest BCUT2D eigenvalue weighted by Gasteiger charge is 2.31. The van der Waals surface area contributed by atoms with Crippen molar-refractivity contribution >= 4 is 45.7 Å². The minimum atomic E-state index is -4.55. The van der Waals surface area contributed by atoms with Crippen molar-refractivity contribution in [1.29, 1.82) is 0 Å². The molecular weight excluding hydrogens is 465 g/mol. The van der Waals surface area contributed by atoms with Crippen molar-refractivity contribution in [2.24, 2.45) is 0 Å². The molecule has 0 atom stereocenters. The Bertz CT molecular complexity index is 1090. The molecule has 0 saturated heterocycles. The molecule has 32 heavy (non-hydrogen) atoms. The predicted octanol–water partition coefficient (Wildman–Crippen LogP) is 4.94. The first kappa shape index (κ1) is 23.5. The standard InChI is InChI=1S/C20H17F3N4O3S2/c1-2-30-15-8-6-14(7-9-15)24-16(28)11-31-19-27-26-18(32-19)25-17(29)12-4-3-5-13(10-12)20(21,22)23/h3-10H,2,11H2,1H3,(H,24,28)(H,25,26,29). The Morgan fingerprint density at radius 2 is 1.84 bits per heavy atom. The maximum Gasteiger partial charge on any atom is 0.416 e. The van der Waals surface area contributed by atoms with Crippen LogP contribution in [0.3, 0.4) is 0 Å². The summed E-state index contributed by atoms with van der Waals surface area (Å²) in [6.45, 7) is 2.43. The number of aromatic nitrogens is 2. The summed E-state index contributed by atoms with van der Waals surface area (Å²) in [4.78, 5) is 24.3. The first-order valence-corrected chi connectivity index (χ1v) is 11.0. The smallest absolute Gasteiger partial charge is 0.416 e. The number of amides is 2. The molecule has 3 rings (SSSR count). The van der Waals surface area contributed by atoms with Gasteiger partial charge in [0.05, 0.1) is 17.9 Å². The van der Waals surface area contributed by atoms with Crippen LogP contribution in [0.25, 0.3) is 0 Å². The first-order chi connectivity index (χ1) is 15.2. The summed E-state index contributed by atoms with van der Waals surface area (Å²) in [5, 5.41) is 12.9. The molecular formula is C20H17F3N4O3S2. The van der Waals surface area contributed by atoms with E-state index < -0.39 is 17.6 Å². The molecule has 1 aromatic heterocycles. The van der Waals surface area contributed by atoms with Crippen LogP contribution < -0.4 is 15.4 Å². The van der Waals surface area contributed by atoms with Gasteiger partial charge in [0.2, 0.25) is 11.0 Å². The summed E-state index contributed by atoms with van der Waals surface area (Å²) in [7, 11) is 0. The van der Waals surface area contributed by atoms with Gasteiger partial charge < -0.3 is 10.1 Å². The van der Waals surface area contributed by atoms with Gasteiger partial charge in [-0.2, -0.15) is 13.2 Å². The molecule has 2 aromatic carbocycles. The number of benzene rings is 2. The Labute approximate surface area is 189 Å². The molecule has 2 amide bonds. The number of nitrogens with one attached hydrogen (secondary N) is 2. The van der Waals surface area contributed by atoms with Crippen LogP contribution in [0.2, 0.25) is 0 Å². The fraction of sp³-hybridized carbons (Fsp3) is 0.200. The van der Waals surface area contributed by atoms with E-state index in [-0.39, 0.29) is 22.4 Å². The average Bonchev–Trinajstić information content (AvgIpc) is 3.21. The third-order valence-electron chi connectivity index (χ3n) is 3.85. The molecule has 0 unspecified atom stereocenters. The van der Waals surface area contributed by atoms with Crippen molar-refractivity contribution in [3.8, 4) is 5.75 Å². The van der Waals surface area contributed by atoms with Crippen LogP contribution >= 0.6 is 23.1 Å². The van der Waals surface area contributed by atoms with Crippen LogP contribution in [0.1, 0.15) is 22.8 Å². The van der Waals surface area contributed by atoms with Gasteiger partial charge in [0.15, 0.2) is 4.34 Å². The second-order valence-electron chi connectivity index (χ2n) is 6.20. The molecule has 0 aliphatic carbocycles. The second kappa shape index (κ2) is 10.5. The van der Waals surface area contributed by atoms with Crippen LogP contribution in [0, 0.1) is 0 Å². The summed E-state index contributed by atoms with van der Waals surface area (Å²) in [5.74, 6) is -0.238. The number of anilines is 2. The molecule has 0 bridgehead atoms. The number of carbonyl (C=O) groups excluding carboxylic acids is 2. The molecule has 0 aliphatic rings. The third kappa shape index (κ3) is 6.69. The lowest BCUT2D eigenvalue weighted by Gasteiger charge is -2.08. The molecule has 0 spiro atoms. The van der Waals surface area contributed by atoms with Gasteiger partial charge in [0, 0.05) is 11.3 Å². The normalized spacial score (nSPS) is 11.1. The highest BCUT2D eigenvalue weighted by atomic mass is 32.2. The Morgan fingerprint density at radius 3 is 2.53 bits per heavy atom. The Morgan fingerprint density at radius 1 is 1.09 bits per heavy atom. The van der Waals surface area contributed by atoms with Gasteiger partial charge in [-0.15, -0.1) is 10.2 Å². The van der Waals surface area contributed by atoms with Gasteiger partial charge in [-0.3, -0.25) is 14.9 Å². The average molecular weight is 483 g/mol. The lowest BCUT2D eigenvalue weighted by atomic mass is 10.1. The van der Waals surface area contributed by atoms with Gasteiger partial charge in [-0.25, -0.2) is 0 Å². The molecule has 12 heteroatoms. The van der Waals surface area contributed by atoms with Crippen molar-refractivity contribution in [3.05, 3.63) is 59.7 Å². The minimum absolute atomic E-state index is 0.0589. The predicted molar refractivity (Wildman–Crippen MR) is 116 cm³/mol. The van der Waals surface area contributed by atoms with Crippen LogP contribution in [-0.2, 0) is 11.0 Å². The van der Waals surface area contributed by atoms with Crippen molar-refractivity contribution in [1.82, 2.24) is 10.2 Å². The van der Waals surface area contributed by atoms with E-state index in [1.807, 2.05) is 6.92 Å². The van der Waals surface area contributed by atoms with E-state index >= 15 is 0 Å². The molecule has 2 N–H and O–H groups in total. The number of ether oxygens (including phenoxy) is 1. The Balaban J connectivity index is 1.51. The summed E-state index contributed by atoms with van der Waals surface area (Å²) < 4.78 is 44.2. The topological polar surface area (TPSA) is 93.2 Å². The number of nitrogens with zero attached hydrogens (tertiary/aromatic N) is 2. The van der Waals surface area contributed by atoms with Crippen LogP contribution in [0.15, 0.2) is 52.9 Å². The fourth-order valence-corrected chi connectivity index (χ4v) is 4.00. The summed E-state index contributed by atoms with van der Waals surface area (Å²) in [5.41, 5.74) is -0.457. The van der Waals surface area contributed by atoms with E-state index in [4.69, 9.17) is 4.74 Å². The maximum absolute atomic E-state index is 12.8. The van der Waals surface area contributed by atoms with Crippen LogP contribution in [0.5, 0.6) is 5.75 Å². The van der Waals surface area contributed by atoms with Gasteiger partial charge in [0.1, 0.15) is 5.75 Å². The van der Waals surface area contributed by atoms with E-state index in [0.29, 0.717) is 22.4 Å². The molecule has 0 saturated carbocycles. The maximum atomic E-state index is 12.8. The third-order valence-corrected chi connectivity index (χ3v) is 5.83. The zero-order valence-corrected chi connectivity index (χ0v) is 18.2. The fourth-order valence-electron chi connectivity index (χ4n) is 2.45. The first-order valence-electron chi connectivity index (χ1n) is 9.22. The van der Waals surface area contributed by atoms with Crippen molar-refractivity contribution in [3.63, 3.8) is 0 Å². The summed E-state index contributed by atoms with van der Waals surface area (Å²) in [6, 6.07) is 11.0. The van der Waals surface area contributed by atoms with E-state index in [0.717, 1.165) is 41.3 Å². The van der Waals surface area contributed by atoms with E-state index in [9.17, 15) is 22.8 Å². The molecule has 7 nitrogen and oxygen atoms in total. The largest absolute Gasteiger partial charge is 0.494 e. The number of thioether (sulfide) groups is 1. The number of halogens is 3. The van der Waals surface area contributed by atoms with E-state index in [1.54, 1.807) is 24.3 Å². The molecule has 1 heterocycles. The van der Waals surface area contributed by atoms with Crippen molar-refractivity contribution < 1.29 is 27.5 Å². The summed E-state index contributed by atoms with van der Waals surface area (Å²) >= 11 is 2.13. The second-order valence-corrected chi connectivity index (χ2v) is 8.40. The van der Waals surface area contributed by atoms with E-state index in [1.165, 1.54) is 6.07 Å². The zero-order chi connectivity index (χ0) is 23.1. The highest BCUT2D eigenvalue weighted by Crippen LogP contribution is 2.30. The lowest BCUT2D eigenvalue weighted by molar-refractivity contribution is -0.137. The van der Waals surface area contributed by atoms with Gasteiger partial charge >= 0.3 is 6.18 Å². The number of hydrogen-bond acceptors (Lipinski definition) is 7. The SMILES string of the molecule is CCOc1ccc(NC(=O)CSc2nnc(NC(=O)c3cccc(C(F)(F)F)c3)s2)cc1.